The van der Waals surface area contributed by atoms with Gasteiger partial charge in [-0.3, -0.25) is 9.36 Å². The summed E-state index contributed by atoms with van der Waals surface area (Å²) in [5.41, 5.74) is -4.06. The number of rotatable bonds is 2. The molecule has 142 valence electrons. The van der Waals surface area contributed by atoms with Gasteiger partial charge in [0, 0.05) is 6.20 Å². The molecule has 13 heteroatoms. The fourth-order valence-corrected chi connectivity index (χ4v) is 2.87. The fraction of sp³-hybridized carbons (Fsp3) is 0.462. The number of ether oxygens (including phenoxy) is 1. The Morgan fingerprint density at radius 3 is 2.54 bits per heavy atom. The number of hydrogen-bond donors (Lipinski definition) is 4. The second-order valence-corrected chi connectivity index (χ2v) is 5.93. The van der Waals surface area contributed by atoms with Gasteiger partial charge in [0.05, 0.1) is 12.0 Å². The van der Waals surface area contributed by atoms with Crippen LogP contribution >= 0.6 is 12.2 Å². The highest BCUT2D eigenvalue weighted by Gasteiger charge is 2.44. The van der Waals surface area contributed by atoms with Crippen LogP contribution in [0.1, 0.15) is 11.9 Å². The number of pyridine rings is 1. The van der Waals surface area contributed by atoms with Crippen LogP contribution in [0.4, 0.5) is 17.6 Å². The van der Waals surface area contributed by atoms with E-state index in [-0.39, 0.29) is 0 Å². The second-order valence-electron chi connectivity index (χ2n) is 5.56. The third kappa shape index (κ3) is 2.91. The lowest BCUT2D eigenvalue weighted by Gasteiger charge is -2.19. The maximum Gasteiger partial charge on any atom is 0.434 e. The summed E-state index contributed by atoms with van der Waals surface area (Å²) in [7, 11) is 0. The number of nitrogens with one attached hydrogen (secondary N) is 1. The van der Waals surface area contributed by atoms with Gasteiger partial charge in [-0.25, -0.2) is 9.37 Å². The largest absolute Gasteiger partial charge is 0.434 e. The monoisotopic (exact) mass is 397 g/mol. The summed E-state index contributed by atoms with van der Waals surface area (Å²) in [6.07, 6.45) is -9.86. The first-order valence-electron chi connectivity index (χ1n) is 7.10. The van der Waals surface area contributed by atoms with Crippen LogP contribution in [-0.4, -0.2) is 54.8 Å². The van der Waals surface area contributed by atoms with Gasteiger partial charge in [-0.05, 0) is 12.2 Å². The van der Waals surface area contributed by atoms with E-state index < -0.39 is 70.1 Å². The standard InChI is InChI=1S/C13H11F4N3O5S/c14-5-6(22)3-1-20(11-8(24)7(23)4(2-21)25-11)12(26)19-10(3)18-9(5)13(15,16)17/h1,4,7-8,11,21,23-24H,2H2,(H,18,19,26). The fourth-order valence-electron chi connectivity index (χ4n) is 2.62. The number of aliphatic hydroxyl groups is 3. The topological polar surface area (TPSA) is 121 Å². The maximum atomic E-state index is 13.8. The zero-order valence-corrected chi connectivity index (χ0v) is 13.4. The summed E-state index contributed by atoms with van der Waals surface area (Å²) in [4.78, 5) is 17.3. The van der Waals surface area contributed by atoms with Gasteiger partial charge in [-0.2, -0.15) is 13.2 Å². The first-order valence-corrected chi connectivity index (χ1v) is 7.51. The van der Waals surface area contributed by atoms with Crippen LogP contribution in [0.5, 0.6) is 0 Å². The molecule has 4 atom stereocenters. The Balaban J connectivity index is 2.19. The molecule has 2 aromatic rings. The Bertz CT molecular complexity index is 975. The van der Waals surface area contributed by atoms with Gasteiger partial charge in [0.2, 0.25) is 10.2 Å². The van der Waals surface area contributed by atoms with Crippen LogP contribution in [0.15, 0.2) is 11.0 Å². The number of aliphatic hydroxyl groups excluding tert-OH is 3. The molecule has 1 aliphatic rings. The number of halogens is 4. The number of alkyl halides is 3. The molecule has 26 heavy (non-hydrogen) atoms. The molecule has 3 rings (SSSR count). The number of hydrogen-bond acceptors (Lipinski definition) is 7. The van der Waals surface area contributed by atoms with E-state index in [1.165, 1.54) is 0 Å². The van der Waals surface area contributed by atoms with Gasteiger partial charge in [-0.15, -0.1) is 0 Å². The highest BCUT2D eigenvalue weighted by molar-refractivity contribution is 7.71. The lowest BCUT2D eigenvalue weighted by atomic mass is 10.1. The Morgan fingerprint density at radius 1 is 1.35 bits per heavy atom. The summed E-state index contributed by atoms with van der Waals surface area (Å²) in [6, 6.07) is 0. The minimum Gasteiger partial charge on any atom is -0.394 e. The van der Waals surface area contributed by atoms with Crippen molar-refractivity contribution in [1.29, 1.82) is 0 Å². The van der Waals surface area contributed by atoms with E-state index in [2.05, 4.69) is 4.98 Å². The molecule has 4 N–H and O–H groups in total. The molecule has 1 fully saturated rings. The van der Waals surface area contributed by atoms with E-state index in [1.807, 2.05) is 0 Å². The molecule has 4 unspecified atom stereocenters. The second kappa shape index (κ2) is 6.35. The zero-order valence-electron chi connectivity index (χ0n) is 12.6. The van der Waals surface area contributed by atoms with Crippen molar-refractivity contribution in [2.75, 3.05) is 6.61 Å². The van der Waals surface area contributed by atoms with E-state index in [9.17, 15) is 32.6 Å². The quantitative estimate of drug-likeness (QED) is 0.423. The van der Waals surface area contributed by atoms with Crippen LogP contribution in [0.3, 0.4) is 0 Å². The zero-order chi connectivity index (χ0) is 19.4. The van der Waals surface area contributed by atoms with Crippen molar-refractivity contribution in [3.63, 3.8) is 0 Å². The number of H-pyrrole nitrogens is 1. The molecule has 0 aliphatic carbocycles. The molecule has 1 aliphatic heterocycles. The van der Waals surface area contributed by atoms with Gasteiger partial charge in [0.25, 0.3) is 0 Å². The third-order valence-corrected chi connectivity index (χ3v) is 4.24. The van der Waals surface area contributed by atoms with Crippen molar-refractivity contribution in [3.8, 4) is 0 Å². The van der Waals surface area contributed by atoms with Crippen molar-refractivity contribution < 1.29 is 37.6 Å². The first-order chi connectivity index (χ1) is 12.1. The average molecular weight is 397 g/mol. The minimum atomic E-state index is -5.14. The molecule has 3 heterocycles. The summed E-state index contributed by atoms with van der Waals surface area (Å²) in [6.45, 7) is -0.632. The molecule has 0 bridgehead atoms. The summed E-state index contributed by atoms with van der Waals surface area (Å²) < 4.78 is 57.9. The molecule has 0 saturated carbocycles. The number of aromatic nitrogens is 3. The smallest absolute Gasteiger partial charge is 0.394 e. The molecule has 1 saturated heterocycles. The molecule has 0 amide bonds. The average Bonchev–Trinajstić information content (AvgIpc) is 2.84. The van der Waals surface area contributed by atoms with Crippen LogP contribution in [0.2, 0.25) is 0 Å². The van der Waals surface area contributed by atoms with Gasteiger partial charge < -0.3 is 25.0 Å². The lowest BCUT2D eigenvalue weighted by molar-refractivity contribution is -0.143. The molecular formula is C13H11F4N3O5S. The van der Waals surface area contributed by atoms with Gasteiger partial charge in [-0.1, -0.05) is 0 Å². The Kier molecular flexibility index (Phi) is 4.60. The predicted molar refractivity (Wildman–Crippen MR) is 79.2 cm³/mol. The number of fused-ring (bicyclic) bond motifs is 1. The SMILES string of the molecule is O=c1c(F)c(C(F)(F)F)[nH]c2nc(=S)n(C3OC(CO)C(O)C3O)cc12. The Labute approximate surface area is 146 Å². The first kappa shape index (κ1) is 18.8. The lowest BCUT2D eigenvalue weighted by Crippen LogP contribution is -2.33. The molecule has 0 radical (unpaired) electrons. The summed E-state index contributed by atoms with van der Waals surface area (Å²) in [5.74, 6) is -2.04. The van der Waals surface area contributed by atoms with Crippen LogP contribution < -0.4 is 5.43 Å². The molecule has 0 spiro atoms. The Hall–Kier alpha value is -1.93. The number of aromatic amines is 1. The van der Waals surface area contributed by atoms with Crippen molar-refractivity contribution in [2.24, 2.45) is 0 Å². The van der Waals surface area contributed by atoms with Gasteiger partial charge in [0.1, 0.15) is 24.0 Å². The highest BCUT2D eigenvalue weighted by atomic mass is 32.1. The third-order valence-electron chi connectivity index (χ3n) is 3.93. The van der Waals surface area contributed by atoms with E-state index in [0.29, 0.717) is 0 Å². The summed E-state index contributed by atoms with van der Waals surface area (Å²) >= 11 is 4.91. The van der Waals surface area contributed by atoms with Crippen LogP contribution in [0.25, 0.3) is 11.0 Å². The predicted octanol–water partition coefficient (Wildman–Crippen LogP) is 0.223. The molecular weight excluding hydrogens is 386 g/mol. The minimum absolute atomic E-state index is 0.400. The molecule has 2 aromatic heterocycles. The van der Waals surface area contributed by atoms with E-state index in [0.717, 1.165) is 10.8 Å². The molecule has 0 aromatic carbocycles. The van der Waals surface area contributed by atoms with Crippen molar-refractivity contribution >= 4 is 23.3 Å². The Morgan fingerprint density at radius 2 is 2.00 bits per heavy atom. The highest BCUT2D eigenvalue weighted by Crippen LogP contribution is 2.31. The van der Waals surface area contributed by atoms with E-state index in [1.54, 1.807) is 4.98 Å². The summed E-state index contributed by atoms with van der Waals surface area (Å²) in [5, 5.41) is 28.3. The maximum absolute atomic E-state index is 13.8. The van der Waals surface area contributed by atoms with Gasteiger partial charge in [0.15, 0.2) is 17.7 Å². The van der Waals surface area contributed by atoms with E-state index in [4.69, 9.17) is 22.1 Å². The molecule has 8 nitrogen and oxygen atoms in total. The van der Waals surface area contributed by atoms with Crippen LogP contribution in [0, 0.1) is 10.6 Å². The van der Waals surface area contributed by atoms with Gasteiger partial charge >= 0.3 is 6.18 Å². The normalized spacial score (nSPS) is 26.6. The van der Waals surface area contributed by atoms with E-state index >= 15 is 0 Å². The van der Waals surface area contributed by atoms with Crippen molar-refractivity contribution in [1.82, 2.24) is 14.5 Å². The van der Waals surface area contributed by atoms with Crippen molar-refractivity contribution in [3.05, 3.63) is 32.7 Å². The number of nitrogens with zero attached hydrogens (tertiary/aromatic N) is 2. The van der Waals surface area contributed by atoms with Crippen LogP contribution in [-0.2, 0) is 10.9 Å². The van der Waals surface area contributed by atoms with Crippen molar-refractivity contribution in [2.45, 2.75) is 30.7 Å².